The van der Waals surface area contributed by atoms with E-state index in [2.05, 4.69) is 70.7 Å². The van der Waals surface area contributed by atoms with Gasteiger partial charge in [-0.2, -0.15) is 5.26 Å². The van der Waals surface area contributed by atoms with Gasteiger partial charge in [0.05, 0.1) is 24.1 Å². The van der Waals surface area contributed by atoms with Crippen molar-refractivity contribution in [2.75, 3.05) is 31.1 Å². The topological polar surface area (TPSA) is 74.1 Å². The Balaban J connectivity index is 1.05. The smallest absolute Gasteiger partial charge is 0.137 e. The molecule has 1 aliphatic heterocycles. The molecule has 1 saturated heterocycles. The van der Waals surface area contributed by atoms with E-state index in [0.29, 0.717) is 6.42 Å². The minimum Gasteiger partial charge on any atom is -0.375 e. The third kappa shape index (κ3) is 5.43. The second-order valence-electron chi connectivity index (χ2n) is 9.32. The van der Waals surface area contributed by atoms with Crippen molar-refractivity contribution in [2.45, 2.75) is 38.8 Å². The van der Waals surface area contributed by atoms with Gasteiger partial charge in [0.15, 0.2) is 0 Å². The van der Waals surface area contributed by atoms with Crippen molar-refractivity contribution in [1.29, 1.82) is 5.26 Å². The third-order valence-corrected chi connectivity index (χ3v) is 6.54. The average molecular weight is 466 g/mol. The van der Waals surface area contributed by atoms with Crippen molar-refractivity contribution in [3.8, 4) is 6.07 Å². The fraction of sp³-hybridized carbons (Fsp3) is 0.345. The first-order valence-corrected chi connectivity index (χ1v) is 12.4. The van der Waals surface area contributed by atoms with E-state index < -0.39 is 0 Å². The highest BCUT2D eigenvalue weighted by Crippen LogP contribution is 2.33. The number of pyridine rings is 2. The van der Waals surface area contributed by atoms with Crippen LogP contribution < -0.4 is 10.2 Å². The summed E-state index contributed by atoms with van der Waals surface area (Å²) >= 11 is 0. The van der Waals surface area contributed by atoms with Crippen LogP contribution in [0.1, 0.15) is 29.5 Å². The molecule has 0 atom stereocenters. The number of para-hydroxylation sites is 1. The van der Waals surface area contributed by atoms with E-state index in [1.165, 1.54) is 11.1 Å². The van der Waals surface area contributed by atoms with Crippen LogP contribution in [0.2, 0.25) is 0 Å². The molecule has 4 aromatic rings. The van der Waals surface area contributed by atoms with E-state index in [-0.39, 0.29) is 6.10 Å². The number of aryl methyl sites for hydroxylation is 1. The molecule has 2 aromatic carbocycles. The fourth-order valence-electron chi connectivity index (χ4n) is 4.81. The van der Waals surface area contributed by atoms with Crippen molar-refractivity contribution < 1.29 is 4.74 Å². The lowest BCUT2D eigenvalue weighted by Crippen LogP contribution is -2.52. The van der Waals surface area contributed by atoms with Crippen LogP contribution in [0.3, 0.4) is 0 Å². The van der Waals surface area contributed by atoms with Crippen molar-refractivity contribution in [2.24, 2.45) is 0 Å². The molecular formula is C29H31N5O. The fourth-order valence-corrected chi connectivity index (χ4v) is 4.81. The quantitative estimate of drug-likeness (QED) is 0.264. The number of benzene rings is 2. The molecule has 1 fully saturated rings. The Morgan fingerprint density at radius 2 is 1.91 bits per heavy atom. The van der Waals surface area contributed by atoms with Crippen LogP contribution in [-0.4, -0.2) is 42.3 Å². The molecule has 2 aromatic heterocycles. The van der Waals surface area contributed by atoms with Gasteiger partial charge in [-0.25, -0.2) is 4.98 Å². The Morgan fingerprint density at radius 1 is 1.06 bits per heavy atom. The molecular weight excluding hydrogens is 434 g/mol. The maximum absolute atomic E-state index is 8.93. The number of hydrogen-bond acceptors (Lipinski definition) is 6. The van der Waals surface area contributed by atoms with Gasteiger partial charge in [0.1, 0.15) is 5.82 Å². The first-order valence-electron chi connectivity index (χ1n) is 12.4. The first-order chi connectivity index (χ1) is 17.2. The molecule has 6 heteroatoms. The van der Waals surface area contributed by atoms with Crippen molar-refractivity contribution in [3.05, 3.63) is 77.6 Å². The molecule has 0 bridgehead atoms. The van der Waals surface area contributed by atoms with Gasteiger partial charge < -0.3 is 15.0 Å². The van der Waals surface area contributed by atoms with Gasteiger partial charge in [-0.05, 0) is 49.6 Å². The summed E-state index contributed by atoms with van der Waals surface area (Å²) in [5.41, 5.74) is 4.55. The highest BCUT2D eigenvalue weighted by Gasteiger charge is 2.29. The van der Waals surface area contributed by atoms with Gasteiger partial charge in [0.2, 0.25) is 0 Å². The van der Waals surface area contributed by atoms with Crippen LogP contribution >= 0.6 is 0 Å². The molecule has 0 saturated carbocycles. The third-order valence-electron chi connectivity index (χ3n) is 6.54. The molecule has 35 heavy (non-hydrogen) atoms. The summed E-state index contributed by atoms with van der Waals surface area (Å²) in [5.74, 6) is 1.03. The average Bonchev–Trinajstić information content (AvgIpc) is 2.84. The van der Waals surface area contributed by atoms with Crippen LogP contribution in [0.4, 0.5) is 5.82 Å². The summed E-state index contributed by atoms with van der Waals surface area (Å²) in [6.07, 6.45) is 6.63. The SMILES string of the molecule is Cc1cc(CC#N)cc(CNCCCCOC2CN(c3nc4ccccc4c4cnccc34)C2)c1. The van der Waals surface area contributed by atoms with Crippen LogP contribution in [0.15, 0.2) is 60.9 Å². The summed E-state index contributed by atoms with van der Waals surface area (Å²) in [6, 6.07) is 18.9. The lowest BCUT2D eigenvalue weighted by Gasteiger charge is -2.40. The molecule has 0 unspecified atom stereocenters. The summed E-state index contributed by atoms with van der Waals surface area (Å²) in [7, 11) is 0. The standard InChI is InChI=1S/C29H31N5O/c1-21-14-22(8-10-30)16-23(15-21)17-31-11-4-5-13-35-24-19-34(20-24)29-26-9-12-32-18-27(26)25-6-2-3-7-28(25)33-29/h2-3,6-7,9,12,14-16,18,24,31H,4-5,8,11,13,17,19-20H2,1H3. The summed E-state index contributed by atoms with van der Waals surface area (Å²) < 4.78 is 6.11. The molecule has 0 spiro atoms. The predicted octanol–water partition coefficient (Wildman–Crippen LogP) is 4.93. The van der Waals surface area contributed by atoms with Gasteiger partial charge >= 0.3 is 0 Å². The maximum Gasteiger partial charge on any atom is 0.137 e. The second-order valence-corrected chi connectivity index (χ2v) is 9.32. The summed E-state index contributed by atoms with van der Waals surface area (Å²) in [6.45, 7) is 6.41. The summed E-state index contributed by atoms with van der Waals surface area (Å²) in [5, 5.41) is 15.9. The minimum absolute atomic E-state index is 0.263. The number of ether oxygens (including phenoxy) is 1. The normalized spacial score (nSPS) is 13.8. The van der Waals surface area contributed by atoms with Gasteiger partial charge in [0.25, 0.3) is 0 Å². The van der Waals surface area contributed by atoms with Gasteiger partial charge in [-0.15, -0.1) is 0 Å². The van der Waals surface area contributed by atoms with E-state index in [4.69, 9.17) is 15.0 Å². The predicted molar refractivity (Wildman–Crippen MR) is 140 cm³/mol. The Kier molecular flexibility index (Phi) is 7.17. The van der Waals surface area contributed by atoms with Gasteiger partial charge in [-0.3, -0.25) is 4.98 Å². The maximum atomic E-state index is 8.93. The van der Waals surface area contributed by atoms with Crippen LogP contribution in [0.5, 0.6) is 0 Å². The number of nitrogens with zero attached hydrogens (tertiary/aromatic N) is 4. The monoisotopic (exact) mass is 465 g/mol. The molecule has 1 aliphatic rings. The molecule has 0 aliphatic carbocycles. The minimum atomic E-state index is 0.263. The molecule has 0 radical (unpaired) electrons. The Morgan fingerprint density at radius 3 is 2.80 bits per heavy atom. The Bertz CT molecular complexity index is 1360. The van der Waals surface area contributed by atoms with Crippen LogP contribution in [0.25, 0.3) is 21.7 Å². The zero-order chi connectivity index (χ0) is 24.0. The lowest BCUT2D eigenvalue weighted by atomic mass is 10.0. The van der Waals surface area contributed by atoms with Gasteiger partial charge in [0, 0.05) is 54.8 Å². The number of anilines is 1. The molecule has 1 N–H and O–H groups in total. The molecule has 3 heterocycles. The Labute approximate surface area is 206 Å². The Hall–Kier alpha value is -3.53. The van der Waals surface area contributed by atoms with Gasteiger partial charge in [-0.1, -0.05) is 42.0 Å². The first kappa shape index (κ1) is 23.2. The second kappa shape index (κ2) is 10.8. The number of aromatic nitrogens is 2. The van der Waals surface area contributed by atoms with Crippen LogP contribution in [0, 0.1) is 18.3 Å². The van der Waals surface area contributed by atoms with Crippen molar-refractivity contribution in [1.82, 2.24) is 15.3 Å². The van der Waals surface area contributed by atoms with E-state index in [1.807, 2.05) is 18.5 Å². The van der Waals surface area contributed by atoms with E-state index in [1.54, 1.807) is 0 Å². The zero-order valence-corrected chi connectivity index (χ0v) is 20.2. The van der Waals surface area contributed by atoms with E-state index >= 15 is 0 Å². The van der Waals surface area contributed by atoms with Crippen molar-refractivity contribution in [3.63, 3.8) is 0 Å². The number of nitriles is 1. The van der Waals surface area contributed by atoms with Crippen molar-refractivity contribution >= 4 is 27.5 Å². The zero-order valence-electron chi connectivity index (χ0n) is 20.2. The lowest BCUT2D eigenvalue weighted by molar-refractivity contribution is 0.0321. The van der Waals surface area contributed by atoms with Crippen LogP contribution in [-0.2, 0) is 17.7 Å². The molecule has 5 rings (SSSR count). The molecule has 178 valence electrons. The largest absolute Gasteiger partial charge is 0.375 e. The molecule has 0 amide bonds. The number of hydrogen-bond donors (Lipinski definition) is 1. The number of fused-ring (bicyclic) bond motifs is 3. The van der Waals surface area contributed by atoms with E-state index in [9.17, 15) is 0 Å². The highest BCUT2D eigenvalue weighted by molar-refractivity contribution is 6.09. The number of nitrogens with one attached hydrogen (secondary N) is 1. The highest BCUT2D eigenvalue weighted by atomic mass is 16.5. The van der Waals surface area contributed by atoms with E-state index in [0.717, 1.165) is 78.7 Å². The number of unbranched alkanes of at least 4 members (excludes halogenated alkanes) is 1. The molecule has 6 nitrogen and oxygen atoms in total. The summed E-state index contributed by atoms with van der Waals surface area (Å²) in [4.78, 5) is 11.6. The number of rotatable bonds is 10.